The molecule has 6 atom stereocenters. The number of allylic oxidation sites excluding steroid dienone is 2. The molecule has 0 bridgehead atoms. The lowest BCUT2D eigenvalue weighted by Crippen LogP contribution is -2.53. The van der Waals surface area contributed by atoms with Gasteiger partial charge in [0.05, 0.1) is 11.3 Å². The summed E-state index contributed by atoms with van der Waals surface area (Å²) in [6.07, 6.45) is 11.8. The zero-order valence-electron chi connectivity index (χ0n) is 20.0. The molecule has 0 saturated heterocycles. The number of fused-ring (bicyclic) bond motifs is 5. The molecule has 4 rings (SSSR count). The van der Waals surface area contributed by atoms with Crippen LogP contribution in [0.4, 0.5) is 0 Å². The SMILES string of the molecule is CCN(CC)CCO/N=C1\C=C2CCC3C(CCC4(C)C3CCC4(C)O)C2(C)CC1. The maximum absolute atomic E-state index is 11.1. The lowest BCUT2D eigenvalue weighted by molar-refractivity contribution is -0.117. The Morgan fingerprint density at radius 2 is 1.77 bits per heavy atom. The molecule has 0 aromatic carbocycles. The zero-order valence-corrected chi connectivity index (χ0v) is 20.0. The molecule has 30 heavy (non-hydrogen) atoms. The number of aliphatic hydroxyl groups is 1. The molecule has 1 N–H and O–H groups in total. The van der Waals surface area contributed by atoms with E-state index in [2.05, 4.69) is 50.8 Å². The third-order valence-corrected chi connectivity index (χ3v) is 10.1. The van der Waals surface area contributed by atoms with Crippen molar-refractivity contribution in [3.05, 3.63) is 11.6 Å². The third-order valence-electron chi connectivity index (χ3n) is 10.1. The Morgan fingerprint density at radius 1 is 1.03 bits per heavy atom. The molecular weight excluding hydrogens is 372 g/mol. The van der Waals surface area contributed by atoms with Crippen molar-refractivity contribution in [3.8, 4) is 0 Å². The molecule has 0 aliphatic heterocycles. The Labute approximate surface area is 184 Å². The van der Waals surface area contributed by atoms with Crippen LogP contribution in [0.2, 0.25) is 0 Å². The number of nitrogens with zero attached hydrogens (tertiary/aromatic N) is 2. The molecule has 4 nitrogen and oxygen atoms in total. The molecule has 3 fully saturated rings. The summed E-state index contributed by atoms with van der Waals surface area (Å²) in [5.41, 5.74) is 2.72. The van der Waals surface area contributed by atoms with Crippen molar-refractivity contribution in [2.24, 2.45) is 33.7 Å². The van der Waals surface area contributed by atoms with Crippen LogP contribution in [-0.2, 0) is 4.84 Å². The number of likely N-dealkylation sites (N-methyl/N-ethyl adjacent to an activating group) is 1. The van der Waals surface area contributed by atoms with Crippen LogP contribution in [0.25, 0.3) is 0 Å². The van der Waals surface area contributed by atoms with Gasteiger partial charge in [-0.05, 0) is 106 Å². The van der Waals surface area contributed by atoms with Gasteiger partial charge in [0, 0.05) is 6.54 Å². The summed E-state index contributed by atoms with van der Waals surface area (Å²) in [6, 6.07) is 0. The standard InChI is InChI=1S/C26H44N2O2/c1-6-28(7-2)16-17-30-27-20-10-13-24(3)19(18-20)8-9-21-22(24)11-14-25(4)23(21)12-15-26(25,5)29/h18,21-23,29H,6-17H2,1-5H3/b27-20-. The number of oxime groups is 1. The molecular formula is C26H44N2O2. The second-order valence-electron chi connectivity index (χ2n) is 11.2. The monoisotopic (exact) mass is 416 g/mol. The molecule has 0 heterocycles. The van der Waals surface area contributed by atoms with Gasteiger partial charge in [0.15, 0.2) is 0 Å². The molecule has 4 aliphatic rings. The van der Waals surface area contributed by atoms with Gasteiger partial charge in [-0.15, -0.1) is 0 Å². The summed E-state index contributed by atoms with van der Waals surface area (Å²) in [4.78, 5) is 8.06. The first-order valence-corrected chi connectivity index (χ1v) is 12.6. The quantitative estimate of drug-likeness (QED) is 0.465. The first kappa shape index (κ1) is 22.3. The predicted octanol–water partition coefficient (Wildman–Crippen LogP) is 5.41. The van der Waals surface area contributed by atoms with E-state index < -0.39 is 5.60 Å². The minimum Gasteiger partial charge on any atom is -0.394 e. The lowest BCUT2D eigenvalue weighted by Gasteiger charge is -2.59. The Morgan fingerprint density at radius 3 is 2.50 bits per heavy atom. The van der Waals surface area contributed by atoms with Crippen LogP contribution in [-0.4, -0.2) is 47.6 Å². The first-order valence-electron chi connectivity index (χ1n) is 12.6. The number of hydrogen-bond acceptors (Lipinski definition) is 4. The summed E-state index contributed by atoms with van der Waals surface area (Å²) >= 11 is 0. The largest absolute Gasteiger partial charge is 0.394 e. The van der Waals surface area contributed by atoms with Crippen LogP contribution < -0.4 is 0 Å². The predicted molar refractivity (Wildman–Crippen MR) is 124 cm³/mol. The molecule has 0 spiro atoms. The second-order valence-corrected chi connectivity index (χ2v) is 11.2. The van der Waals surface area contributed by atoms with Gasteiger partial charge in [-0.3, -0.25) is 0 Å². The highest BCUT2D eigenvalue weighted by atomic mass is 16.6. The topological polar surface area (TPSA) is 45.1 Å². The summed E-state index contributed by atoms with van der Waals surface area (Å²) in [7, 11) is 0. The fourth-order valence-corrected chi connectivity index (χ4v) is 7.72. The van der Waals surface area contributed by atoms with E-state index in [-0.39, 0.29) is 5.41 Å². The fraction of sp³-hybridized carbons (Fsp3) is 0.885. The van der Waals surface area contributed by atoms with Crippen molar-refractivity contribution in [2.75, 3.05) is 26.2 Å². The highest BCUT2D eigenvalue weighted by Gasteiger charge is 2.62. The second kappa shape index (κ2) is 8.24. The van der Waals surface area contributed by atoms with Gasteiger partial charge in [0.25, 0.3) is 0 Å². The maximum Gasteiger partial charge on any atom is 0.129 e. The minimum absolute atomic E-state index is 0.117. The highest BCUT2D eigenvalue weighted by molar-refractivity contribution is 5.96. The van der Waals surface area contributed by atoms with E-state index in [4.69, 9.17) is 4.84 Å². The zero-order chi connectivity index (χ0) is 21.6. The van der Waals surface area contributed by atoms with Crippen LogP contribution in [0.3, 0.4) is 0 Å². The van der Waals surface area contributed by atoms with Gasteiger partial charge in [-0.25, -0.2) is 0 Å². The lowest BCUT2D eigenvalue weighted by atomic mass is 9.46. The van der Waals surface area contributed by atoms with Crippen molar-refractivity contribution in [1.82, 2.24) is 4.90 Å². The fourth-order valence-electron chi connectivity index (χ4n) is 7.72. The Balaban J connectivity index is 1.44. The molecule has 0 radical (unpaired) electrons. The van der Waals surface area contributed by atoms with Crippen molar-refractivity contribution in [3.63, 3.8) is 0 Å². The van der Waals surface area contributed by atoms with Crippen LogP contribution in [0, 0.1) is 28.6 Å². The maximum atomic E-state index is 11.1. The normalized spacial score (nSPS) is 44.4. The molecule has 0 aromatic rings. The van der Waals surface area contributed by atoms with Gasteiger partial charge in [-0.1, -0.05) is 38.4 Å². The molecule has 3 saturated carbocycles. The summed E-state index contributed by atoms with van der Waals surface area (Å²) in [5.74, 6) is 2.25. The van der Waals surface area contributed by atoms with Crippen LogP contribution >= 0.6 is 0 Å². The third kappa shape index (κ3) is 3.56. The van der Waals surface area contributed by atoms with E-state index in [9.17, 15) is 5.11 Å². The van der Waals surface area contributed by atoms with Gasteiger partial charge >= 0.3 is 0 Å². The Hall–Kier alpha value is -0.870. The van der Waals surface area contributed by atoms with E-state index in [1.165, 1.54) is 38.5 Å². The average Bonchev–Trinajstić information content (AvgIpc) is 2.97. The van der Waals surface area contributed by atoms with E-state index >= 15 is 0 Å². The van der Waals surface area contributed by atoms with Gasteiger partial charge in [0.2, 0.25) is 0 Å². The van der Waals surface area contributed by atoms with Gasteiger partial charge in [0.1, 0.15) is 6.61 Å². The first-order chi connectivity index (χ1) is 14.2. The van der Waals surface area contributed by atoms with Gasteiger partial charge in [-0.2, -0.15) is 0 Å². The van der Waals surface area contributed by atoms with Crippen molar-refractivity contribution in [1.29, 1.82) is 0 Å². The minimum atomic E-state index is -0.478. The molecule has 4 aliphatic carbocycles. The van der Waals surface area contributed by atoms with Crippen molar-refractivity contribution in [2.45, 2.75) is 91.6 Å². The van der Waals surface area contributed by atoms with Crippen molar-refractivity contribution < 1.29 is 9.94 Å². The summed E-state index contributed by atoms with van der Waals surface area (Å²) < 4.78 is 0. The Bertz CT molecular complexity index is 695. The molecule has 6 unspecified atom stereocenters. The van der Waals surface area contributed by atoms with Crippen molar-refractivity contribution >= 4 is 5.71 Å². The van der Waals surface area contributed by atoms with Crippen LogP contribution in [0.1, 0.15) is 86.0 Å². The number of rotatable bonds is 6. The average molecular weight is 417 g/mol. The van der Waals surface area contributed by atoms with E-state index in [0.29, 0.717) is 17.9 Å². The Kier molecular flexibility index (Phi) is 6.13. The van der Waals surface area contributed by atoms with E-state index in [1.807, 2.05) is 0 Å². The molecule has 0 amide bonds. The highest BCUT2D eigenvalue weighted by Crippen LogP contribution is 2.67. The molecule has 4 heteroatoms. The van der Waals surface area contributed by atoms with Crippen LogP contribution in [0.15, 0.2) is 16.8 Å². The summed E-state index contributed by atoms with van der Waals surface area (Å²) in [6.45, 7) is 15.2. The van der Waals surface area contributed by atoms with Gasteiger partial charge < -0.3 is 14.8 Å². The number of hydrogen-bond donors (Lipinski definition) is 1. The smallest absolute Gasteiger partial charge is 0.129 e. The van der Waals surface area contributed by atoms with E-state index in [0.717, 1.165) is 50.0 Å². The molecule has 0 aromatic heterocycles. The molecule has 170 valence electrons. The summed E-state index contributed by atoms with van der Waals surface area (Å²) in [5, 5.41) is 15.6. The van der Waals surface area contributed by atoms with E-state index in [1.54, 1.807) is 5.57 Å². The van der Waals surface area contributed by atoms with Crippen LogP contribution in [0.5, 0.6) is 0 Å².